The molecule has 2 rings (SSSR count). The van der Waals surface area contributed by atoms with Crippen molar-refractivity contribution < 1.29 is 23.4 Å². The first-order valence-electron chi connectivity index (χ1n) is 6.60. The number of ether oxygens (including phenoxy) is 3. The first-order valence-corrected chi connectivity index (χ1v) is 6.97. The second kappa shape index (κ2) is 7.66. The van der Waals surface area contributed by atoms with Crippen molar-refractivity contribution in [2.24, 2.45) is 0 Å². The van der Waals surface area contributed by atoms with Crippen molar-refractivity contribution in [3.05, 3.63) is 53.3 Å². The lowest BCUT2D eigenvalue weighted by Crippen LogP contribution is -2.14. The summed E-state index contributed by atoms with van der Waals surface area (Å²) in [6.45, 7) is 1.84. The van der Waals surface area contributed by atoms with Crippen molar-refractivity contribution in [3.8, 4) is 17.2 Å². The van der Waals surface area contributed by atoms with Gasteiger partial charge in [0.1, 0.15) is 23.1 Å². The van der Waals surface area contributed by atoms with E-state index < -0.39 is 11.8 Å². The van der Waals surface area contributed by atoms with Crippen LogP contribution in [0.2, 0.25) is 5.02 Å². The van der Waals surface area contributed by atoms with Crippen LogP contribution in [0.15, 0.2) is 42.5 Å². The number of hydrogen-bond donors (Lipinski definition) is 0. The van der Waals surface area contributed by atoms with E-state index in [1.165, 1.54) is 12.1 Å². The number of rotatable bonds is 6. The van der Waals surface area contributed by atoms with Crippen molar-refractivity contribution in [3.63, 3.8) is 0 Å². The van der Waals surface area contributed by atoms with E-state index in [1.807, 2.05) is 0 Å². The summed E-state index contributed by atoms with van der Waals surface area (Å²) in [7, 11) is 0. The molecule has 0 heterocycles. The molecule has 2 aromatic carbocycles. The predicted molar refractivity (Wildman–Crippen MR) is 80.1 cm³/mol. The third kappa shape index (κ3) is 4.63. The van der Waals surface area contributed by atoms with Crippen LogP contribution in [0, 0.1) is 5.82 Å². The van der Waals surface area contributed by atoms with Crippen molar-refractivity contribution in [2.45, 2.75) is 6.92 Å². The van der Waals surface area contributed by atoms with Gasteiger partial charge in [0.15, 0.2) is 6.61 Å². The minimum atomic E-state index is -0.449. The Labute approximate surface area is 132 Å². The smallest absolute Gasteiger partial charge is 0.344 e. The molecule has 0 amide bonds. The average Bonchev–Trinajstić information content (AvgIpc) is 2.49. The molecule has 116 valence electrons. The maximum atomic E-state index is 13.0. The Morgan fingerprint density at radius 2 is 1.95 bits per heavy atom. The first-order chi connectivity index (χ1) is 10.6. The molecule has 0 saturated heterocycles. The minimum absolute atomic E-state index is 0.165. The molecule has 0 unspecified atom stereocenters. The summed E-state index contributed by atoms with van der Waals surface area (Å²) >= 11 is 5.90. The highest BCUT2D eigenvalue weighted by molar-refractivity contribution is 6.32. The minimum Gasteiger partial charge on any atom is -0.482 e. The third-order valence-electron chi connectivity index (χ3n) is 2.59. The van der Waals surface area contributed by atoms with Crippen LogP contribution in [-0.2, 0) is 9.53 Å². The first kappa shape index (κ1) is 16.1. The Morgan fingerprint density at radius 1 is 1.18 bits per heavy atom. The fraction of sp³-hybridized carbons (Fsp3) is 0.188. The van der Waals surface area contributed by atoms with Gasteiger partial charge in [0.25, 0.3) is 0 Å². The second-order valence-electron chi connectivity index (χ2n) is 4.25. The van der Waals surface area contributed by atoms with E-state index in [4.69, 9.17) is 25.8 Å². The predicted octanol–water partition coefficient (Wildman–Crippen LogP) is 4.21. The molecule has 0 saturated carbocycles. The molecule has 0 spiro atoms. The largest absolute Gasteiger partial charge is 0.482 e. The fourth-order valence-corrected chi connectivity index (χ4v) is 1.86. The maximum absolute atomic E-state index is 13.0. The average molecular weight is 325 g/mol. The molecule has 0 aliphatic carbocycles. The molecule has 4 nitrogen and oxygen atoms in total. The lowest BCUT2D eigenvalue weighted by Gasteiger charge is -2.10. The number of hydrogen-bond acceptors (Lipinski definition) is 4. The Hall–Kier alpha value is -2.27. The Bertz CT molecular complexity index is 660. The molecule has 0 atom stereocenters. The number of esters is 1. The van der Waals surface area contributed by atoms with Crippen molar-refractivity contribution >= 4 is 17.6 Å². The molecule has 0 fully saturated rings. The van der Waals surface area contributed by atoms with E-state index in [1.54, 1.807) is 31.2 Å². The van der Waals surface area contributed by atoms with Crippen LogP contribution in [0.25, 0.3) is 0 Å². The highest BCUT2D eigenvalue weighted by Crippen LogP contribution is 2.31. The number of halogens is 2. The fourth-order valence-electron chi connectivity index (χ4n) is 1.66. The monoisotopic (exact) mass is 324 g/mol. The van der Waals surface area contributed by atoms with Gasteiger partial charge in [0.2, 0.25) is 0 Å². The van der Waals surface area contributed by atoms with Crippen LogP contribution in [-0.4, -0.2) is 19.2 Å². The van der Waals surface area contributed by atoms with Crippen LogP contribution in [0.4, 0.5) is 4.39 Å². The lowest BCUT2D eigenvalue weighted by atomic mass is 10.3. The highest BCUT2D eigenvalue weighted by atomic mass is 35.5. The van der Waals surface area contributed by atoms with E-state index in [9.17, 15) is 9.18 Å². The zero-order chi connectivity index (χ0) is 15.9. The van der Waals surface area contributed by atoms with Crippen molar-refractivity contribution in [1.29, 1.82) is 0 Å². The van der Waals surface area contributed by atoms with Crippen LogP contribution < -0.4 is 9.47 Å². The standard InChI is InChI=1S/C16H14ClFO4/c1-2-20-16(19)10-21-12-4-3-5-13(9-12)22-15-7-6-11(18)8-14(15)17/h3-9H,2,10H2,1H3. The molecule has 2 aromatic rings. The summed E-state index contributed by atoms with van der Waals surface area (Å²) in [5.74, 6) is 0.337. The van der Waals surface area contributed by atoms with Gasteiger partial charge in [-0.3, -0.25) is 0 Å². The lowest BCUT2D eigenvalue weighted by molar-refractivity contribution is -0.145. The summed E-state index contributed by atoms with van der Waals surface area (Å²) in [4.78, 5) is 11.2. The Kier molecular flexibility index (Phi) is 5.61. The zero-order valence-electron chi connectivity index (χ0n) is 11.8. The summed E-state index contributed by atoms with van der Waals surface area (Å²) in [5, 5.41) is 0.165. The van der Waals surface area contributed by atoms with Gasteiger partial charge in [-0.05, 0) is 37.3 Å². The number of benzene rings is 2. The van der Waals surface area contributed by atoms with E-state index in [0.29, 0.717) is 23.9 Å². The number of carbonyl (C=O) groups is 1. The number of carbonyl (C=O) groups excluding carboxylic acids is 1. The van der Waals surface area contributed by atoms with Crippen LogP contribution in [0.1, 0.15) is 6.92 Å². The summed E-state index contributed by atoms with van der Waals surface area (Å²) in [5.41, 5.74) is 0. The van der Waals surface area contributed by atoms with Gasteiger partial charge in [-0.1, -0.05) is 17.7 Å². The molecule has 6 heteroatoms. The normalized spacial score (nSPS) is 10.1. The molecular weight excluding hydrogens is 311 g/mol. The van der Waals surface area contributed by atoms with Crippen LogP contribution in [0.5, 0.6) is 17.2 Å². The van der Waals surface area contributed by atoms with E-state index in [0.717, 1.165) is 6.07 Å². The molecule has 0 aliphatic rings. The van der Waals surface area contributed by atoms with Crippen molar-refractivity contribution in [1.82, 2.24) is 0 Å². The van der Waals surface area contributed by atoms with Gasteiger partial charge in [-0.25, -0.2) is 9.18 Å². The van der Waals surface area contributed by atoms with Gasteiger partial charge in [0, 0.05) is 6.07 Å². The SMILES string of the molecule is CCOC(=O)COc1cccc(Oc2ccc(F)cc2Cl)c1. The van der Waals surface area contributed by atoms with Gasteiger partial charge in [0.05, 0.1) is 11.6 Å². The summed E-state index contributed by atoms with van der Waals surface area (Å²) in [6, 6.07) is 10.5. The van der Waals surface area contributed by atoms with E-state index >= 15 is 0 Å². The highest BCUT2D eigenvalue weighted by Gasteiger charge is 2.07. The molecule has 0 aromatic heterocycles. The Balaban J connectivity index is 2.03. The van der Waals surface area contributed by atoms with Gasteiger partial charge < -0.3 is 14.2 Å². The molecular formula is C16H14ClFO4. The summed E-state index contributed by atoms with van der Waals surface area (Å²) in [6.07, 6.45) is 0. The van der Waals surface area contributed by atoms with E-state index in [2.05, 4.69) is 0 Å². The molecule has 0 aliphatic heterocycles. The van der Waals surface area contributed by atoms with Gasteiger partial charge in [-0.2, -0.15) is 0 Å². The maximum Gasteiger partial charge on any atom is 0.344 e. The molecule has 22 heavy (non-hydrogen) atoms. The topological polar surface area (TPSA) is 44.8 Å². The second-order valence-corrected chi connectivity index (χ2v) is 4.65. The van der Waals surface area contributed by atoms with Crippen LogP contribution in [0.3, 0.4) is 0 Å². The van der Waals surface area contributed by atoms with Crippen LogP contribution >= 0.6 is 11.6 Å². The van der Waals surface area contributed by atoms with Crippen molar-refractivity contribution in [2.75, 3.05) is 13.2 Å². The quantitative estimate of drug-likeness (QED) is 0.746. The van der Waals surface area contributed by atoms with Gasteiger partial charge in [-0.15, -0.1) is 0 Å². The van der Waals surface area contributed by atoms with Gasteiger partial charge >= 0.3 is 5.97 Å². The third-order valence-corrected chi connectivity index (χ3v) is 2.88. The molecule has 0 bridgehead atoms. The van der Waals surface area contributed by atoms with E-state index in [-0.39, 0.29) is 11.6 Å². The summed E-state index contributed by atoms with van der Waals surface area (Å²) < 4.78 is 28.6. The molecule has 0 N–H and O–H groups in total. The Morgan fingerprint density at radius 3 is 2.68 bits per heavy atom. The molecule has 0 radical (unpaired) electrons. The zero-order valence-corrected chi connectivity index (χ0v) is 12.6.